The number of methoxy groups -OCH3 is 2. The monoisotopic (exact) mass is 380 g/mol. The van der Waals surface area contributed by atoms with Gasteiger partial charge in [-0.2, -0.15) is 0 Å². The van der Waals surface area contributed by atoms with Crippen LogP contribution in [0.1, 0.15) is 16.7 Å². The lowest BCUT2D eigenvalue weighted by Crippen LogP contribution is -2.42. The van der Waals surface area contributed by atoms with E-state index < -0.39 is 17.4 Å². The summed E-state index contributed by atoms with van der Waals surface area (Å²) in [5.74, 6) is -1.07. The first-order valence-corrected chi connectivity index (χ1v) is 9.65. The molecule has 0 unspecified atom stereocenters. The van der Waals surface area contributed by atoms with Gasteiger partial charge in [-0.3, -0.25) is 9.59 Å². The third-order valence-electron chi connectivity index (χ3n) is 5.59. The Balaban J connectivity index is 2.02. The lowest BCUT2D eigenvalue weighted by Gasteiger charge is -2.22. The van der Waals surface area contributed by atoms with Crippen LogP contribution in [0.5, 0.6) is 0 Å². The van der Waals surface area contributed by atoms with E-state index in [4.69, 9.17) is 9.47 Å². The topological polar surface area (TPSA) is 52.6 Å². The average Bonchev–Trinajstić information content (AvgIpc) is 3.34. The van der Waals surface area contributed by atoms with Crippen LogP contribution in [-0.4, -0.2) is 26.2 Å². The van der Waals surface area contributed by atoms with Crippen molar-refractivity contribution in [2.24, 2.45) is 5.41 Å². The van der Waals surface area contributed by atoms with Crippen LogP contribution in [0, 0.1) is 12.3 Å². The van der Waals surface area contributed by atoms with E-state index in [1.54, 1.807) is 11.3 Å². The maximum atomic E-state index is 12.7. The molecule has 1 aromatic heterocycles. The molecule has 0 radical (unpaired) electrons. The van der Waals surface area contributed by atoms with Gasteiger partial charge in [0.2, 0.25) is 0 Å². The van der Waals surface area contributed by atoms with E-state index in [-0.39, 0.29) is 0 Å². The normalized spacial score (nSPS) is 14.8. The molecule has 0 bridgehead atoms. The molecular formula is C22H20O4S. The van der Waals surface area contributed by atoms with Crippen LogP contribution in [0.15, 0.2) is 41.8 Å². The second kappa shape index (κ2) is 6.50. The first-order valence-electron chi connectivity index (χ1n) is 8.77. The molecular weight excluding hydrogens is 360 g/mol. The minimum atomic E-state index is -1.32. The van der Waals surface area contributed by atoms with Crippen LogP contribution in [-0.2, 0) is 31.9 Å². The van der Waals surface area contributed by atoms with E-state index in [0.29, 0.717) is 12.8 Å². The summed E-state index contributed by atoms with van der Waals surface area (Å²) in [7, 11) is 2.64. The molecule has 27 heavy (non-hydrogen) atoms. The second-order valence-corrected chi connectivity index (χ2v) is 7.82. The molecule has 5 heteroatoms. The third-order valence-corrected chi connectivity index (χ3v) is 6.52. The highest BCUT2D eigenvalue weighted by molar-refractivity contribution is 7.17. The van der Waals surface area contributed by atoms with E-state index in [9.17, 15) is 9.59 Å². The molecule has 138 valence electrons. The molecule has 4 nitrogen and oxygen atoms in total. The number of rotatable bonds is 3. The third kappa shape index (κ3) is 2.49. The van der Waals surface area contributed by atoms with Gasteiger partial charge in [0.1, 0.15) is 0 Å². The van der Waals surface area contributed by atoms with E-state index in [0.717, 1.165) is 27.8 Å². The van der Waals surface area contributed by atoms with Crippen molar-refractivity contribution in [1.29, 1.82) is 0 Å². The number of hydrogen-bond donors (Lipinski definition) is 0. The molecule has 3 aromatic rings. The summed E-state index contributed by atoms with van der Waals surface area (Å²) < 4.78 is 11.2. The van der Waals surface area contributed by atoms with Crippen molar-refractivity contribution in [3.8, 4) is 11.1 Å². The zero-order valence-corrected chi connectivity index (χ0v) is 16.3. The van der Waals surface area contributed by atoms with E-state index in [2.05, 4.69) is 30.5 Å². The van der Waals surface area contributed by atoms with Crippen molar-refractivity contribution in [3.05, 3.63) is 58.5 Å². The van der Waals surface area contributed by atoms with Gasteiger partial charge in [-0.15, -0.1) is 11.3 Å². The number of carbonyl (C=O) groups is 2. The van der Waals surface area contributed by atoms with Crippen molar-refractivity contribution in [1.82, 2.24) is 0 Å². The lowest BCUT2D eigenvalue weighted by molar-refractivity contribution is -0.168. The zero-order chi connectivity index (χ0) is 19.2. The standard InChI is InChI=1S/C22H20O4S/c1-13-15-9-10-27-19(15)18(14-7-5-4-6-8-14)17-12-22(11-16(13)17,20(23)25-2)21(24)26-3/h4-10H,11-12H2,1-3H3. The van der Waals surface area contributed by atoms with Gasteiger partial charge in [0, 0.05) is 23.1 Å². The van der Waals surface area contributed by atoms with Crippen molar-refractivity contribution >= 4 is 33.4 Å². The Morgan fingerprint density at radius 2 is 1.59 bits per heavy atom. The molecule has 1 heterocycles. The van der Waals surface area contributed by atoms with Gasteiger partial charge >= 0.3 is 11.9 Å². The lowest BCUT2D eigenvalue weighted by atomic mass is 9.84. The number of fused-ring (bicyclic) bond motifs is 2. The average molecular weight is 380 g/mol. The SMILES string of the molecule is COC(=O)C1(C(=O)OC)Cc2c(c(-c3ccccc3)c3sccc3c2C)C1. The van der Waals surface area contributed by atoms with Crippen LogP contribution in [0.4, 0.5) is 0 Å². The molecule has 0 spiro atoms. The Morgan fingerprint density at radius 3 is 2.22 bits per heavy atom. The maximum Gasteiger partial charge on any atom is 0.323 e. The molecule has 1 aliphatic rings. The molecule has 0 aliphatic heterocycles. The molecule has 0 atom stereocenters. The summed E-state index contributed by atoms with van der Waals surface area (Å²) in [6.07, 6.45) is 0.597. The second-order valence-electron chi connectivity index (χ2n) is 6.91. The van der Waals surface area contributed by atoms with E-state index >= 15 is 0 Å². The van der Waals surface area contributed by atoms with Gasteiger partial charge in [0.05, 0.1) is 14.2 Å². The van der Waals surface area contributed by atoms with Gasteiger partial charge in [-0.1, -0.05) is 30.3 Å². The fourth-order valence-corrected chi connectivity index (χ4v) is 5.30. The maximum absolute atomic E-state index is 12.7. The number of benzene rings is 2. The van der Waals surface area contributed by atoms with Crippen molar-refractivity contribution in [2.75, 3.05) is 14.2 Å². The van der Waals surface area contributed by atoms with Gasteiger partial charge in [0.15, 0.2) is 5.41 Å². The summed E-state index contributed by atoms with van der Waals surface area (Å²) in [6, 6.07) is 12.2. The minimum Gasteiger partial charge on any atom is -0.468 e. The highest BCUT2D eigenvalue weighted by Gasteiger charge is 2.53. The molecule has 1 aliphatic carbocycles. The fraction of sp³-hybridized carbons (Fsp3) is 0.273. The zero-order valence-electron chi connectivity index (χ0n) is 15.5. The molecule has 4 rings (SSSR count). The summed E-state index contributed by atoms with van der Waals surface area (Å²) in [4.78, 5) is 25.4. The summed E-state index contributed by atoms with van der Waals surface area (Å²) in [5, 5.41) is 3.26. The van der Waals surface area contributed by atoms with Crippen LogP contribution in [0.3, 0.4) is 0 Å². The molecule has 2 aromatic carbocycles. The first kappa shape index (κ1) is 17.7. The minimum absolute atomic E-state index is 0.292. The number of thiophene rings is 1. The van der Waals surface area contributed by atoms with Gasteiger partial charge in [-0.25, -0.2) is 0 Å². The Kier molecular flexibility index (Phi) is 4.27. The summed E-state index contributed by atoms with van der Waals surface area (Å²) in [5.41, 5.74) is 4.10. The molecule has 0 N–H and O–H groups in total. The van der Waals surface area contributed by atoms with Crippen molar-refractivity contribution in [2.45, 2.75) is 19.8 Å². The summed E-state index contributed by atoms with van der Waals surface area (Å²) >= 11 is 1.69. The summed E-state index contributed by atoms with van der Waals surface area (Å²) in [6.45, 7) is 2.06. The first-order chi connectivity index (χ1) is 13.0. The molecule has 0 saturated carbocycles. The van der Waals surface area contributed by atoms with Crippen LogP contribution < -0.4 is 0 Å². The number of hydrogen-bond acceptors (Lipinski definition) is 5. The quantitative estimate of drug-likeness (QED) is 0.502. The van der Waals surface area contributed by atoms with E-state index in [1.807, 2.05) is 18.2 Å². The van der Waals surface area contributed by atoms with Gasteiger partial charge < -0.3 is 9.47 Å². The Hall–Kier alpha value is -2.66. The molecule has 0 amide bonds. The van der Waals surface area contributed by atoms with Crippen LogP contribution in [0.25, 0.3) is 21.2 Å². The number of carbonyl (C=O) groups excluding carboxylic acids is 2. The Labute approximate surface area is 161 Å². The van der Waals surface area contributed by atoms with Crippen LogP contribution in [0.2, 0.25) is 0 Å². The predicted octanol–water partition coefficient (Wildman–Crippen LogP) is 4.31. The van der Waals surface area contributed by atoms with Gasteiger partial charge in [0.25, 0.3) is 0 Å². The Bertz CT molecular complexity index is 1030. The molecule has 0 fully saturated rings. The van der Waals surface area contributed by atoms with Crippen LogP contribution >= 0.6 is 11.3 Å². The van der Waals surface area contributed by atoms with Gasteiger partial charge in [-0.05, 0) is 46.0 Å². The number of ether oxygens (including phenoxy) is 2. The highest BCUT2D eigenvalue weighted by Crippen LogP contribution is 2.49. The largest absolute Gasteiger partial charge is 0.468 e. The smallest absolute Gasteiger partial charge is 0.323 e. The number of esters is 2. The Morgan fingerprint density at radius 1 is 0.963 bits per heavy atom. The number of aryl methyl sites for hydroxylation is 1. The fourth-order valence-electron chi connectivity index (χ4n) is 4.25. The van der Waals surface area contributed by atoms with Crippen molar-refractivity contribution < 1.29 is 19.1 Å². The van der Waals surface area contributed by atoms with E-state index in [1.165, 1.54) is 24.3 Å². The highest BCUT2D eigenvalue weighted by atomic mass is 32.1. The molecule has 0 saturated heterocycles. The van der Waals surface area contributed by atoms with Crippen molar-refractivity contribution in [3.63, 3.8) is 0 Å². The predicted molar refractivity (Wildman–Crippen MR) is 106 cm³/mol.